The highest BCUT2D eigenvalue weighted by molar-refractivity contribution is 7.89. The lowest BCUT2D eigenvalue weighted by molar-refractivity contribution is 0.493. The highest BCUT2D eigenvalue weighted by atomic mass is 32.2. The monoisotopic (exact) mass is 474 g/mol. The Labute approximate surface area is 188 Å². The second-order valence-corrected chi connectivity index (χ2v) is 11.3. The average molecular weight is 475 g/mol. The van der Waals surface area contributed by atoms with E-state index in [0.29, 0.717) is 23.5 Å². The van der Waals surface area contributed by atoms with Crippen molar-refractivity contribution in [2.75, 3.05) is 0 Å². The van der Waals surface area contributed by atoms with Gasteiger partial charge in [0.05, 0.1) is 33.2 Å². The van der Waals surface area contributed by atoms with Crippen LogP contribution in [0, 0.1) is 20.8 Å². The van der Waals surface area contributed by atoms with Crippen molar-refractivity contribution < 1.29 is 12.8 Å². The van der Waals surface area contributed by atoms with Crippen molar-refractivity contribution in [2.24, 2.45) is 0 Å². The highest BCUT2D eigenvalue weighted by Gasteiger charge is 2.41. The summed E-state index contributed by atoms with van der Waals surface area (Å²) in [5, 5.41) is 8.73. The molecule has 0 radical (unpaired) electrons. The normalized spacial score (nSPS) is 15.5. The number of aryl methyl sites for hydroxylation is 3. The fourth-order valence-electron chi connectivity index (χ4n) is 3.66. The zero-order valence-electron chi connectivity index (χ0n) is 18.0. The van der Waals surface area contributed by atoms with E-state index in [-0.39, 0.29) is 10.9 Å². The maximum absolute atomic E-state index is 13.4. The van der Waals surface area contributed by atoms with Crippen LogP contribution in [0.15, 0.2) is 32.3 Å². The SMILES string of the molecule is Cc1nnc(-n2c(=O)n(Cc3sc(C)nc3C)c3ccc(S(=O)(=O)NC4(C)CC4)cc32)o1. The van der Waals surface area contributed by atoms with Crippen molar-refractivity contribution in [2.45, 2.75) is 57.5 Å². The van der Waals surface area contributed by atoms with E-state index in [2.05, 4.69) is 19.9 Å². The molecule has 1 saturated carbocycles. The minimum Gasteiger partial charge on any atom is -0.408 e. The Kier molecular flexibility index (Phi) is 4.66. The van der Waals surface area contributed by atoms with E-state index in [4.69, 9.17) is 4.42 Å². The summed E-state index contributed by atoms with van der Waals surface area (Å²) in [6, 6.07) is 4.63. The number of hydrogen-bond donors (Lipinski definition) is 1. The molecular weight excluding hydrogens is 452 g/mol. The third-order valence-electron chi connectivity index (χ3n) is 5.60. The molecule has 12 heteroatoms. The van der Waals surface area contributed by atoms with Gasteiger partial charge < -0.3 is 4.42 Å². The van der Waals surface area contributed by atoms with Gasteiger partial charge in [0, 0.05) is 17.3 Å². The van der Waals surface area contributed by atoms with Gasteiger partial charge in [-0.3, -0.25) is 4.57 Å². The molecule has 1 N–H and O–H groups in total. The first-order valence-electron chi connectivity index (χ1n) is 10.1. The number of imidazole rings is 1. The number of nitrogens with zero attached hydrogens (tertiary/aromatic N) is 5. The van der Waals surface area contributed by atoms with Crippen LogP contribution < -0.4 is 10.4 Å². The zero-order chi connectivity index (χ0) is 22.8. The first kappa shape index (κ1) is 21.0. The lowest BCUT2D eigenvalue weighted by atomic mass is 10.3. The number of thiazole rings is 1. The molecule has 0 aliphatic heterocycles. The molecule has 0 atom stereocenters. The fraction of sp³-hybridized carbons (Fsp3) is 0.400. The van der Waals surface area contributed by atoms with E-state index >= 15 is 0 Å². The molecule has 0 unspecified atom stereocenters. The Morgan fingerprint density at radius 2 is 1.94 bits per heavy atom. The Bertz CT molecular complexity index is 1520. The van der Waals surface area contributed by atoms with Crippen molar-refractivity contribution >= 4 is 32.4 Å². The van der Waals surface area contributed by atoms with Gasteiger partial charge in [-0.05, 0) is 51.8 Å². The predicted molar refractivity (Wildman–Crippen MR) is 119 cm³/mol. The maximum atomic E-state index is 13.4. The maximum Gasteiger partial charge on any atom is 0.337 e. The van der Waals surface area contributed by atoms with Crippen LogP contribution in [-0.4, -0.2) is 38.3 Å². The summed E-state index contributed by atoms with van der Waals surface area (Å²) in [7, 11) is -3.76. The van der Waals surface area contributed by atoms with Gasteiger partial charge in [-0.1, -0.05) is 5.10 Å². The highest BCUT2D eigenvalue weighted by Crippen LogP contribution is 2.36. The minimum atomic E-state index is -3.76. The van der Waals surface area contributed by atoms with Gasteiger partial charge in [-0.15, -0.1) is 16.4 Å². The molecule has 0 spiro atoms. The Balaban J connectivity index is 1.70. The van der Waals surface area contributed by atoms with Crippen molar-refractivity contribution in [3.8, 4) is 6.01 Å². The zero-order valence-corrected chi connectivity index (χ0v) is 19.7. The summed E-state index contributed by atoms with van der Waals surface area (Å²) in [6.07, 6.45) is 1.59. The Morgan fingerprint density at radius 3 is 2.53 bits per heavy atom. The Morgan fingerprint density at radius 1 is 1.19 bits per heavy atom. The van der Waals surface area contributed by atoms with Gasteiger partial charge >= 0.3 is 11.7 Å². The molecule has 1 aromatic carbocycles. The molecule has 3 heterocycles. The molecule has 10 nitrogen and oxygen atoms in total. The number of nitrogens with one attached hydrogen (secondary N) is 1. The average Bonchev–Trinajstić information content (AvgIpc) is 3.01. The van der Waals surface area contributed by atoms with Gasteiger partial charge in [0.25, 0.3) is 0 Å². The lowest BCUT2D eigenvalue weighted by Gasteiger charge is -2.12. The molecule has 0 amide bonds. The van der Waals surface area contributed by atoms with Crippen LogP contribution in [0.5, 0.6) is 0 Å². The summed E-state index contributed by atoms with van der Waals surface area (Å²) in [6.45, 7) is 7.61. The summed E-state index contributed by atoms with van der Waals surface area (Å²) in [4.78, 5) is 18.9. The summed E-state index contributed by atoms with van der Waals surface area (Å²) < 4.78 is 37.0. The molecule has 5 rings (SSSR count). The van der Waals surface area contributed by atoms with Crippen LogP contribution in [0.4, 0.5) is 0 Å². The molecule has 1 aliphatic rings. The molecule has 0 saturated heterocycles. The van der Waals surface area contributed by atoms with Crippen LogP contribution in [0.1, 0.15) is 41.2 Å². The number of rotatable bonds is 6. The summed E-state index contributed by atoms with van der Waals surface area (Å²) in [5.74, 6) is 0.300. The number of fused-ring (bicyclic) bond motifs is 1. The second kappa shape index (κ2) is 7.09. The van der Waals surface area contributed by atoms with Crippen molar-refractivity contribution in [3.63, 3.8) is 0 Å². The van der Waals surface area contributed by atoms with Gasteiger partial charge in [-0.25, -0.2) is 27.5 Å². The van der Waals surface area contributed by atoms with Gasteiger partial charge in [0.2, 0.25) is 15.9 Å². The van der Waals surface area contributed by atoms with Gasteiger partial charge in [-0.2, -0.15) is 0 Å². The third kappa shape index (κ3) is 3.57. The number of benzene rings is 1. The van der Waals surface area contributed by atoms with E-state index in [1.807, 2.05) is 20.8 Å². The quantitative estimate of drug-likeness (QED) is 0.455. The van der Waals surface area contributed by atoms with Crippen molar-refractivity contribution in [1.29, 1.82) is 0 Å². The van der Waals surface area contributed by atoms with Crippen molar-refractivity contribution in [1.82, 2.24) is 29.0 Å². The fourth-order valence-corrected chi connectivity index (χ4v) is 6.07. The molecule has 1 aliphatic carbocycles. The molecule has 0 bridgehead atoms. The van der Waals surface area contributed by atoms with E-state index < -0.39 is 21.3 Å². The molecule has 4 aromatic rings. The smallest absolute Gasteiger partial charge is 0.337 e. The van der Waals surface area contributed by atoms with E-state index in [1.165, 1.54) is 28.0 Å². The molecule has 168 valence electrons. The van der Waals surface area contributed by atoms with Crippen molar-refractivity contribution in [3.05, 3.63) is 50.2 Å². The van der Waals surface area contributed by atoms with Crippen LogP contribution in [0.3, 0.4) is 0 Å². The molecular formula is C20H22N6O4S2. The van der Waals surface area contributed by atoms with Gasteiger partial charge in [0.1, 0.15) is 0 Å². The first-order chi connectivity index (χ1) is 15.1. The van der Waals surface area contributed by atoms with Crippen LogP contribution in [-0.2, 0) is 16.6 Å². The number of sulfonamides is 1. The summed E-state index contributed by atoms with van der Waals surface area (Å²) >= 11 is 1.52. The van der Waals surface area contributed by atoms with Crippen LogP contribution in [0.2, 0.25) is 0 Å². The Hall–Kier alpha value is -2.83. The second-order valence-electron chi connectivity index (χ2n) is 8.37. The molecule has 3 aromatic heterocycles. The minimum absolute atomic E-state index is 0.00915. The third-order valence-corrected chi connectivity index (χ3v) is 8.29. The largest absolute Gasteiger partial charge is 0.408 e. The van der Waals surface area contributed by atoms with Crippen LogP contribution in [0.25, 0.3) is 17.0 Å². The first-order valence-corrected chi connectivity index (χ1v) is 12.4. The lowest BCUT2D eigenvalue weighted by Crippen LogP contribution is -2.34. The standard InChI is InChI=1S/C20H22N6O4S2/c1-11-17(31-13(3)21-11)10-25-15-6-5-14(32(28,29)24-20(4)7-8-20)9-16(15)26(19(25)27)18-23-22-12(2)30-18/h5-6,9,24H,7-8,10H2,1-4H3. The van der Waals surface area contributed by atoms with E-state index in [1.54, 1.807) is 17.6 Å². The molecule has 1 fully saturated rings. The number of hydrogen-bond acceptors (Lipinski definition) is 8. The van der Waals surface area contributed by atoms with E-state index in [9.17, 15) is 13.2 Å². The van der Waals surface area contributed by atoms with Gasteiger partial charge in [0.15, 0.2) is 0 Å². The van der Waals surface area contributed by atoms with Crippen LogP contribution >= 0.6 is 11.3 Å². The molecule has 32 heavy (non-hydrogen) atoms. The topological polar surface area (TPSA) is 125 Å². The van der Waals surface area contributed by atoms with E-state index in [0.717, 1.165) is 28.4 Å². The predicted octanol–water partition coefficient (Wildman–Crippen LogP) is 2.44. The summed E-state index contributed by atoms with van der Waals surface area (Å²) in [5.41, 5.74) is 0.986. The number of aromatic nitrogens is 5.